The molecule has 8 rings (SSSR count). The van der Waals surface area contributed by atoms with Gasteiger partial charge in [0, 0.05) is 53.1 Å². The summed E-state index contributed by atoms with van der Waals surface area (Å²) in [5.74, 6) is 1.42. The van der Waals surface area contributed by atoms with Crippen LogP contribution in [0.4, 0.5) is 5.82 Å². The Morgan fingerprint density at radius 1 is 1.17 bits per heavy atom. The third-order valence-electron chi connectivity index (χ3n) is 7.81. The average molecular weight is 558 g/mol. The summed E-state index contributed by atoms with van der Waals surface area (Å²) in [6.45, 7) is 1.95. The fourth-order valence-electron chi connectivity index (χ4n) is 5.72. The first-order chi connectivity index (χ1) is 22.1. The van der Waals surface area contributed by atoms with Crippen molar-refractivity contribution >= 4 is 11.3 Å². The summed E-state index contributed by atoms with van der Waals surface area (Å²) in [4.78, 5) is 13.4. The molecule has 41 heavy (non-hydrogen) atoms. The molecular weight excluding hydrogens is 520 g/mol. The molecule has 0 amide bonds. The number of hydrogen-bond acceptors (Lipinski definition) is 10. The van der Waals surface area contributed by atoms with Crippen molar-refractivity contribution in [2.45, 2.75) is 31.1 Å². The Kier molecular flexibility index (Phi) is 5.51. The van der Waals surface area contributed by atoms with Crippen LogP contribution in [0, 0.1) is 11.3 Å². The summed E-state index contributed by atoms with van der Waals surface area (Å²) in [6.07, 6.45) is 7.44. The normalized spacial score (nSPS) is 24.7. The zero-order valence-electron chi connectivity index (χ0n) is 27.2. The molecule has 0 radical (unpaired) electrons. The van der Waals surface area contributed by atoms with Crippen molar-refractivity contribution in [2.24, 2.45) is 0 Å². The van der Waals surface area contributed by atoms with E-state index in [1.165, 1.54) is 18.3 Å². The van der Waals surface area contributed by atoms with Crippen molar-refractivity contribution in [2.75, 3.05) is 51.3 Å². The van der Waals surface area contributed by atoms with Gasteiger partial charge in [0.25, 0.3) is 0 Å². The third-order valence-corrected chi connectivity index (χ3v) is 7.81. The van der Waals surface area contributed by atoms with E-state index in [1.807, 2.05) is 11.0 Å². The first kappa shape index (κ1) is 20.6. The van der Waals surface area contributed by atoms with Gasteiger partial charge < -0.3 is 24.4 Å². The van der Waals surface area contributed by atoms with Crippen molar-refractivity contribution in [3.8, 4) is 28.8 Å². The van der Waals surface area contributed by atoms with E-state index in [1.54, 1.807) is 35.2 Å². The number of hydrogen-bond donors (Lipinski definition) is 1. The van der Waals surface area contributed by atoms with Crippen LogP contribution in [0.5, 0.6) is 11.5 Å². The summed E-state index contributed by atoms with van der Waals surface area (Å²) in [5.41, 5.74) is 2.71. The lowest BCUT2D eigenvalue weighted by molar-refractivity contribution is -0.00870. The van der Waals surface area contributed by atoms with Gasteiger partial charge in [-0.3, -0.25) is 9.88 Å². The van der Waals surface area contributed by atoms with Crippen LogP contribution in [0.25, 0.3) is 16.8 Å². The predicted molar refractivity (Wildman–Crippen MR) is 152 cm³/mol. The molecule has 0 spiro atoms. The number of anilines is 1. The highest BCUT2D eigenvalue weighted by atomic mass is 16.5. The van der Waals surface area contributed by atoms with E-state index in [2.05, 4.69) is 21.4 Å². The number of ether oxygens (including phenoxy) is 3. The van der Waals surface area contributed by atoms with Gasteiger partial charge >= 0.3 is 0 Å². The van der Waals surface area contributed by atoms with Crippen molar-refractivity contribution in [1.82, 2.24) is 29.8 Å². The number of nitriles is 1. The maximum atomic E-state index is 9.73. The Morgan fingerprint density at radius 2 is 2.05 bits per heavy atom. The molecule has 4 aromatic rings. The van der Waals surface area contributed by atoms with Crippen LogP contribution >= 0.6 is 0 Å². The lowest BCUT2D eigenvalue weighted by Gasteiger charge is -2.56. The third kappa shape index (κ3) is 5.06. The Hall–Kier alpha value is -4.24. The number of morpholine rings is 1. The molecule has 0 aliphatic carbocycles. The average Bonchev–Trinajstić information content (AvgIpc) is 3.46. The minimum atomic E-state index is -2.56. The number of nitrogens with one attached hydrogen (secondary N) is 1. The molecule has 3 atom stereocenters. The molecule has 1 aromatic carbocycles. The molecule has 4 saturated heterocycles. The van der Waals surface area contributed by atoms with Crippen molar-refractivity contribution in [3.63, 3.8) is 0 Å². The minimum absolute atomic E-state index is 0.0321. The van der Waals surface area contributed by atoms with E-state index >= 15 is 0 Å². The number of benzene rings is 1. The van der Waals surface area contributed by atoms with E-state index in [4.69, 9.17) is 31.0 Å². The zero-order valence-corrected chi connectivity index (χ0v) is 22.2. The number of pyridine rings is 1. The highest BCUT2D eigenvalue weighted by Crippen LogP contribution is 2.36. The number of rotatable bonds is 8. The summed E-state index contributed by atoms with van der Waals surface area (Å²) in [7, 11) is -2.56. The second kappa shape index (κ2) is 11.0. The number of methoxy groups -OCH3 is 1. The summed E-state index contributed by atoms with van der Waals surface area (Å²) >= 11 is 0. The SMILES string of the molecule is [2H]C([2H])([2H])Oc1ccc(C([2H])([2H])N2C3CC2CN(c2cnc(-c4cc(OCC5CNCCO5)cn5ncc(C#N)c45)cn2)C3)cc1. The van der Waals surface area contributed by atoms with Gasteiger partial charge in [-0.2, -0.15) is 10.4 Å². The minimum Gasteiger partial charge on any atom is -0.497 e. The number of nitrogens with zero attached hydrogens (tertiary/aromatic N) is 7. The molecule has 4 aliphatic rings. The van der Waals surface area contributed by atoms with Gasteiger partial charge in [0.1, 0.15) is 36.1 Å². The monoisotopic (exact) mass is 557 g/mol. The highest BCUT2D eigenvalue weighted by Gasteiger charge is 2.44. The molecule has 4 aliphatic heterocycles. The van der Waals surface area contributed by atoms with Crippen LogP contribution in [0.1, 0.15) is 24.4 Å². The summed E-state index contributed by atoms with van der Waals surface area (Å²) in [5, 5.41) is 17.4. The maximum Gasteiger partial charge on any atom is 0.147 e. The van der Waals surface area contributed by atoms with Gasteiger partial charge in [-0.05, 0) is 30.2 Å². The Labute approximate surface area is 245 Å². The molecule has 3 aromatic heterocycles. The van der Waals surface area contributed by atoms with E-state index in [-0.39, 0.29) is 23.9 Å². The van der Waals surface area contributed by atoms with Crippen molar-refractivity contribution in [1.29, 1.82) is 5.26 Å². The first-order valence-electron chi connectivity index (χ1n) is 16.1. The van der Waals surface area contributed by atoms with Gasteiger partial charge in [0.2, 0.25) is 0 Å². The standard InChI is InChI=1S/C30H32N8O3/c1-39-24-4-2-20(3-5-24)15-37-22-8-23(37)17-36(16-22)29-14-33-28(13-34-29)27-9-25(41-19-26-12-32-6-7-40-26)18-38-30(27)21(10-31)11-35-38/h2-5,9,11,13-14,18,22-23,26,32H,6-8,12,15-17,19H2,1H3/i1D3,15D2. The summed E-state index contributed by atoms with van der Waals surface area (Å²) in [6, 6.07) is 10.1. The zero-order chi connectivity index (χ0) is 32.1. The maximum absolute atomic E-state index is 9.73. The number of piperidine rings is 1. The van der Waals surface area contributed by atoms with E-state index < -0.39 is 13.5 Å². The molecule has 4 fully saturated rings. The molecule has 0 saturated carbocycles. The highest BCUT2D eigenvalue weighted by molar-refractivity contribution is 5.83. The number of fused-ring (bicyclic) bond motifs is 3. The van der Waals surface area contributed by atoms with E-state index in [9.17, 15) is 5.26 Å². The molecule has 7 heterocycles. The fourth-order valence-corrected chi connectivity index (χ4v) is 5.72. The van der Waals surface area contributed by atoms with Gasteiger partial charge in [-0.15, -0.1) is 0 Å². The molecule has 11 heteroatoms. The number of aromatic nitrogens is 4. The topological polar surface area (TPSA) is 113 Å². The van der Waals surface area contributed by atoms with Gasteiger partial charge in [-0.25, -0.2) is 9.50 Å². The van der Waals surface area contributed by atoms with E-state index in [0.717, 1.165) is 13.0 Å². The Balaban J connectivity index is 1.06. The molecule has 3 unspecified atom stereocenters. The molecule has 2 bridgehead atoms. The second-order valence-corrected chi connectivity index (χ2v) is 10.4. The first-order valence-corrected chi connectivity index (χ1v) is 13.6. The van der Waals surface area contributed by atoms with Crippen LogP contribution in [0.15, 0.2) is 55.1 Å². The predicted octanol–water partition coefficient (Wildman–Crippen LogP) is 2.50. The largest absolute Gasteiger partial charge is 0.497 e. The fraction of sp³-hybridized carbons (Fsp3) is 0.400. The quantitative estimate of drug-likeness (QED) is 0.347. The molecule has 210 valence electrons. The van der Waals surface area contributed by atoms with Gasteiger partial charge in [0.05, 0.1) is 59.3 Å². The summed E-state index contributed by atoms with van der Waals surface area (Å²) < 4.78 is 58.0. The number of piperazine rings is 1. The lowest BCUT2D eigenvalue weighted by atomic mass is 9.87. The lowest BCUT2D eigenvalue weighted by Crippen LogP contribution is -2.68. The van der Waals surface area contributed by atoms with Crippen LogP contribution in [0.2, 0.25) is 0 Å². The van der Waals surface area contributed by atoms with Crippen LogP contribution < -0.4 is 19.7 Å². The Bertz CT molecular complexity index is 1740. The van der Waals surface area contributed by atoms with E-state index in [0.29, 0.717) is 72.3 Å². The molecular formula is C30H32N8O3. The van der Waals surface area contributed by atoms with Crippen LogP contribution in [0.3, 0.4) is 0 Å². The Morgan fingerprint density at radius 3 is 2.78 bits per heavy atom. The smallest absolute Gasteiger partial charge is 0.147 e. The van der Waals surface area contributed by atoms with Crippen LogP contribution in [-0.4, -0.2) is 89.1 Å². The van der Waals surface area contributed by atoms with Crippen molar-refractivity contribution in [3.05, 3.63) is 66.2 Å². The van der Waals surface area contributed by atoms with Gasteiger partial charge in [-0.1, -0.05) is 12.1 Å². The second-order valence-electron chi connectivity index (χ2n) is 10.4. The van der Waals surface area contributed by atoms with Gasteiger partial charge in [0.15, 0.2) is 0 Å². The molecule has 11 nitrogen and oxygen atoms in total. The molecule has 1 N–H and O–H groups in total. The van der Waals surface area contributed by atoms with Crippen LogP contribution in [-0.2, 0) is 11.2 Å². The van der Waals surface area contributed by atoms with Crippen molar-refractivity contribution < 1.29 is 21.1 Å².